The van der Waals surface area contributed by atoms with E-state index in [1.54, 1.807) is 13.0 Å². The van der Waals surface area contributed by atoms with Crippen LogP contribution in [0.25, 0.3) is 17.0 Å². The van der Waals surface area contributed by atoms with E-state index >= 15 is 0 Å². The van der Waals surface area contributed by atoms with Gasteiger partial charge in [-0.15, -0.1) is 0 Å². The van der Waals surface area contributed by atoms with Gasteiger partial charge in [0.15, 0.2) is 0 Å². The fourth-order valence-corrected chi connectivity index (χ4v) is 2.05. The zero-order chi connectivity index (χ0) is 13.1. The predicted octanol–water partition coefficient (Wildman–Crippen LogP) is 3.41. The maximum atomic E-state index is 11.3. The summed E-state index contributed by atoms with van der Waals surface area (Å²) < 4.78 is 6.84. The molecule has 0 spiro atoms. The molecule has 0 aliphatic carbocycles. The molecular formula is C14H14ClNO2. The number of esters is 1. The lowest BCUT2D eigenvalue weighted by molar-refractivity contribution is -0.137. The third-order valence-corrected chi connectivity index (χ3v) is 2.90. The number of rotatable bonds is 3. The van der Waals surface area contributed by atoms with Crippen molar-refractivity contribution in [3.05, 3.63) is 41.1 Å². The Hall–Kier alpha value is -1.74. The van der Waals surface area contributed by atoms with Crippen LogP contribution in [-0.4, -0.2) is 17.1 Å². The second-order valence-corrected chi connectivity index (χ2v) is 4.38. The molecule has 18 heavy (non-hydrogen) atoms. The van der Waals surface area contributed by atoms with Gasteiger partial charge in [-0.25, -0.2) is 4.79 Å². The molecule has 0 radical (unpaired) electrons. The van der Waals surface area contributed by atoms with E-state index in [-0.39, 0.29) is 5.97 Å². The molecule has 0 saturated heterocycles. The number of ether oxygens (including phenoxy) is 1. The van der Waals surface area contributed by atoms with Gasteiger partial charge in [-0.1, -0.05) is 11.6 Å². The lowest BCUT2D eigenvalue weighted by Crippen LogP contribution is -1.98. The van der Waals surface area contributed by atoms with Crippen molar-refractivity contribution in [3.8, 4) is 0 Å². The number of carbonyl (C=O) groups excluding carboxylic acids is 1. The van der Waals surface area contributed by atoms with Crippen molar-refractivity contribution in [2.75, 3.05) is 6.61 Å². The third kappa shape index (κ3) is 2.57. The van der Waals surface area contributed by atoms with Crippen molar-refractivity contribution in [2.45, 2.75) is 6.92 Å². The standard InChI is InChI=1S/C14H14ClNO2/c1-3-18-14(17)7-4-10-9-16(2)13-6-5-11(15)8-12(10)13/h4-9H,3H2,1-2H3. The molecule has 0 saturated carbocycles. The maximum absolute atomic E-state index is 11.3. The average Bonchev–Trinajstić information content (AvgIpc) is 2.63. The van der Waals surface area contributed by atoms with Gasteiger partial charge in [0.25, 0.3) is 0 Å². The number of halogens is 1. The minimum atomic E-state index is -0.337. The number of carbonyl (C=O) groups is 1. The van der Waals surface area contributed by atoms with Gasteiger partial charge in [-0.2, -0.15) is 0 Å². The fraction of sp³-hybridized carbons (Fsp3) is 0.214. The first kappa shape index (κ1) is 12.7. The van der Waals surface area contributed by atoms with Crippen LogP contribution in [-0.2, 0) is 16.6 Å². The highest BCUT2D eigenvalue weighted by atomic mass is 35.5. The fourth-order valence-electron chi connectivity index (χ4n) is 1.88. The highest BCUT2D eigenvalue weighted by Crippen LogP contribution is 2.25. The van der Waals surface area contributed by atoms with Crippen LogP contribution in [0.2, 0.25) is 5.02 Å². The minimum Gasteiger partial charge on any atom is -0.463 e. The summed E-state index contributed by atoms with van der Waals surface area (Å²) in [6.07, 6.45) is 5.13. The zero-order valence-corrected chi connectivity index (χ0v) is 11.1. The van der Waals surface area contributed by atoms with E-state index in [9.17, 15) is 4.79 Å². The highest BCUT2D eigenvalue weighted by Gasteiger charge is 2.05. The maximum Gasteiger partial charge on any atom is 0.330 e. The predicted molar refractivity (Wildman–Crippen MR) is 73.6 cm³/mol. The molecule has 1 aromatic heterocycles. The molecule has 4 heteroatoms. The molecule has 0 aliphatic heterocycles. The molecule has 94 valence electrons. The van der Waals surface area contributed by atoms with E-state index in [0.717, 1.165) is 16.5 Å². The Morgan fingerprint density at radius 1 is 1.50 bits per heavy atom. The van der Waals surface area contributed by atoms with Crippen molar-refractivity contribution in [1.82, 2.24) is 4.57 Å². The van der Waals surface area contributed by atoms with Crippen molar-refractivity contribution in [1.29, 1.82) is 0 Å². The molecule has 0 bridgehead atoms. The van der Waals surface area contributed by atoms with Crippen LogP contribution in [0.15, 0.2) is 30.5 Å². The van der Waals surface area contributed by atoms with E-state index in [2.05, 4.69) is 0 Å². The zero-order valence-electron chi connectivity index (χ0n) is 10.3. The van der Waals surface area contributed by atoms with Crippen molar-refractivity contribution < 1.29 is 9.53 Å². The number of fused-ring (bicyclic) bond motifs is 1. The number of aryl methyl sites for hydroxylation is 1. The smallest absolute Gasteiger partial charge is 0.330 e. The van der Waals surface area contributed by atoms with Gasteiger partial charge in [0.05, 0.1) is 6.61 Å². The monoisotopic (exact) mass is 263 g/mol. The van der Waals surface area contributed by atoms with Crippen LogP contribution in [0.1, 0.15) is 12.5 Å². The number of nitrogens with zero attached hydrogens (tertiary/aromatic N) is 1. The quantitative estimate of drug-likeness (QED) is 0.628. The molecule has 0 amide bonds. The molecular weight excluding hydrogens is 250 g/mol. The van der Waals surface area contributed by atoms with Crippen LogP contribution >= 0.6 is 11.6 Å². The minimum absolute atomic E-state index is 0.337. The molecule has 0 N–H and O–H groups in total. The molecule has 3 nitrogen and oxygen atoms in total. The SMILES string of the molecule is CCOC(=O)C=Cc1cn(C)c2ccc(Cl)cc12. The summed E-state index contributed by atoms with van der Waals surface area (Å²) in [5, 5.41) is 1.70. The summed E-state index contributed by atoms with van der Waals surface area (Å²) >= 11 is 5.99. The van der Waals surface area contributed by atoms with Crippen LogP contribution < -0.4 is 0 Å². The van der Waals surface area contributed by atoms with Gasteiger partial charge in [0.2, 0.25) is 0 Å². The second kappa shape index (κ2) is 5.27. The van der Waals surface area contributed by atoms with E-state index < -0.39 is 0 Å². The Bertz CT molecular complexity index is 614. The normalized spacial score (nSPS) is 11.3. The van der Waals surface area contributed by atoms with Crippen LogP contribution in [0.3, 0.4) is 0 Å². The van der Waals surface area contributed by atoms with Crippen LogP contribution in [0.4, 0.5) is 0 Å². The Labute approximate surface area is 111 Å². The summed E-state index contributed by atoms with van der Waals surface area (Å²) in [4.78, 5) is 11.3. The molecule has 0 fully saturated rings. The van der Waals surface area contributed by atoms with Gasteiger partial charge in [0, 0.05) is 40.8 Å². The largest absolute Gasteiger partial charge is 0.463 e. The molecule has 0 aliphatic rings. The summed E-state index contributed by atoms with van der Waals surface area (Å²) in [7, 11) is 1.96. The molecule has 0 atom stereocenters. The van der Waals surface area contributed by atoms with Gasteiger partial charge in [-0.3, -0.25) is 0 Å². The molecule has 1 aromatic carbocycles. The van der Waals surface area contributed by atoms with Crippen LogP contribution in [0.5, 0.6) is 0 Å². The topological polar surface area (TPSA) is 31.2 Å². The van der Waals surface area contributed by atoms with Crippen molar-refractivity contribution in [2.24, 2.45) is 7.05 Å². The van der Waals surface area contributed by atoms with E-state index in [1.807, 2.05) is 36.0 Å². The Balaban J connectivity index is 2.39. The molecule has 1 heterocycles. The lowest BCUT2D eigenvalue weighted by atomic mass is 10.1. The number of hydrogen-bond donors (Lipinski definition) is 0. The number of benzene rings is 1. The summed E-state index contributed by atoms with van der Waals surface area (Å²) in [5.41, 5.74) is 2.02. The van der Waals surface area contributed by atoms with Crippen molar-refractivity contribution >= 4 is 34.5 Å². The first-order valence-electron chi connectivity index (χ1n) is 5.71. The Kier molecular flexibility index (Phi) is 3.72. The molecule has 0 unspecified atom stereocenters. The summed E-state index contributed by atoms with van der Waals surface area (Å²) in [5.74, 6) is -0.337. The first-order valence-corrected chi connectivity index (χ1v) is 6.09. The van der Waals surface area contributed by atoms with E-state index in [1.165, 1.54) is 6.08 Å². The highest BCUT2D eigenvalue weighted by molar-refractivity contribution is 6.31. The van der Waals surface area contributed by atoms with E-state index in [4.69, 9.17) is 16.3 Å². The third-order valence-electron chi connectivity index (χ3n) is 2.67. The van der Waals surface area contributed by atoms with Gasteiger partial charge in [0.1, 0.15) is 0 Å². The molecule has 2 rings (SSSR count). The van der Waals surface area contributed by atoms with Crippen molar-refractivity contribution in [3.63, 3.8) is 0 Å². The number of aromatic nitrogens is 1. The Morgan fingerprint density at radius 2 is 2.28 bits per heavy atom. The summed E-state index contributed by atoms with van der Waals surface area (Å²) in [6.45, 7) is 2.16. The molecule has 2 aromatic rings. The second-order valence-electron chi connectivity index (χ2n) is 3.94. The lowest BCUT2D eigenvalue weighted by Gasteiger charge is -1.96. The van der Waals surface area contributed by atoms with Crippen LogP contribution in [0, 0.1) is 0 Å². The number of hydrogen-bond acceptors (Lipinski definition) is 2. The first-order chi connectivity index (χ1) is 8.61. The summed E-state index contributed by atoms with van der Waals surface area (Å²) in [6, 6.07) is 5.70. The van der Waals surface area contributed by atoms with Gasteiger partial charge < -0.3 is 9.30 Å². The van der Waals surface area contributed by atoms with Gasteiger partial charge in [-0.05, 0) is 31.2 Å². The van der Waals surface area contributed by atoms with Gasteiger partial charge >= 0.3 is 5.97 Å². The Morgan fingerprint density at radius 3 is 3.00 bits per heavy atom. The average molecular weight is 264 g/mol. The van der Waals surface area contributed by atoms with E-state index in [0.29, 0.717) is 11.6 Å².